The number of nitrogens with two attached hydrogens (primary N) is 1. The second-order valence-corrected chi connectivity index (χ2v) is 4.78. The quantitative estimate of drug-likeness (QED) is 0.797. The highest BCUT2D eigenvalue weighted by Gasteiger charge is 2.22. The van der Waals surface area contributed by atoms with Gasteiger partial charge in [-0.2, -0.15) is 0 Å². The van der Waals surface area contributed by atoms with Gasteiger partial charge in [0, 0.05) is 29.9 Å². The molecule has 0 fully saturated rings. The minimum absolute atomic E-state index is 0.281. The van der Waals surface area contributed by atoms with Crippen molar-refractivity contribution in [1.82, 2.24) is 9.55 Å². The molecule has 0 amide bonds. The molecule has 2 aromatic heterocycles. The molecule has 0 spiro atoms. The Hall–Kier alpha value is -2.14. The summed E-state index contributed by atoms with van der Waals surface area (Å²) in [6.07, 6.45) is 3.60. The Bertz CT molecular complexity index is 760. The number of nitrogens with zero attached hydrogens (tertiary/aromatic N) is 2. The maximum Gasteiger partial charge on any atom is 0.134 e. The van der Waals surface area contributed by atoms with Crippen molar-refractivity contribution in [2.45, 2.75) is 26.4 Å². The van der Waals surface area contributed by atoms with Gasteiger partial charge >= 0.3 is 0 Å². The van der Waals surface area contributed by atoms with Crippen LogP contribution in [0.5, 0.6) is 0 Å². The number of benzene rings is 1. The van der Waals surface area contributed by atoms with Crippen LogP contribution < -0.4 is 5.73 Å². The molecule has 0 saturated heterocycles. The van der Waals surface area contributed by atoms with E-state index in [-0.39, 0.29) is 5.82 Å². The van der Waals surface area contributed by atoms with Crippen LogP contribution in [0.15, 0.2) is 35.0 Å². The Morgan fingerprint density at radius 3 is 3.00 bits per heavy atom. The van der Waals surface area contributed by atoms with Gasteiger partial charge < -0.3 is 14.7 Å². The highest BCUT2D eigenvalue weighted by Crippen LogP contribution is 2.31. The summed E-state index contributed by atoms with van der Waals surface area (Å²) in [5.41, 5.74) is 7.77. The van der Waals surface area contributed by atoms with Crippen LogP contribution in [0, 0.1) is 12.7 Å². The van der Waals surface area contributed by atoms with Gasteiger partial charge in [-0.25, -0.2) is 9.37 Å². The van der Waals surface area contributed by atoms with Crippen LogP contribution in [0.3, 0.4) is 0 Å². The molecule has 3 rings (SSSR count). The van der Waals surface area contributed by atoms with E-state index in [1.165, 1.54) is 12.1 Å². The maximum atomic E-state index is 13.3. The molecule has 0 aliphatic rings. The fourth-order valence-corrected chi connectivity index (χ4v) is 2.49. The van der Waals surface area contributed by atoms with Gasteiger partial charge in [0.25, 0.3) is 0 Å². The molecule has 0 saturated carbocycles. The van der Waals surface area contributed by atoms with E-state index in [4.69, 9.17) is 10.2 Å². The highest BCUT2D eigenvalue weighted by atomic mass is 19.1. The Morgan fingerprint density at radius 1 is 1.45 bits per heavy atom. The van der Waals surface area contributed by atoms with Crippen molar-refractivity contribution < 1.29 is 8.81 Å². The van der Waals surface area contributed by atoms with E-state index in [1.54, 1.807) is 12.3 Å². The van der Waals surface area contributed by atoms with Gasteiger partial charge in [-0.1, -0.05) is 0 Å². The molecule has 0 aliphatic carbocycles. The van der Waals surface area contributed by atoms with Gasteiger partial charge in [0.05, 0.1) is 0 Å². The predicted octanol–water partition coefficient (Wildman–Crippen LogP) is 3.14. The van der Waals surface area contributed by atoms with Gasteiger partial charge in [0.1, 0.15) is 29.0 Å². The smallest absolute Gasteiger partial charge is 0.134 e. The van der Waals surface area contributed by atoms with Gasteiger partial charge in [0.2, 0.25) is 0 Å². The monoisotopic (exact) mass is 273 g/mol. The first-order valence-electron chi connectivity index (χ1n) is 6.57. The molecule has 1 unspecified atom stereocenters. The summed E-state index contributed by atoms with van der Waals surface area (Å²) in [5.74, 6) is 1.10. The molecular formula is C15H16FN3O. The van der Waals surface area contributed by atoms with Crippen molar-refractivity contribution >= 4 is 11.0 Å². The largest absolute Gasteiger partial charge is 0.459 e. The number of halogens is 1. The molecule has 1 atom stereocenters. The Kier molecular flexibility index (Phi) is 3.06. The average molecular weight is 273 g/mol. The fraction of sp³-hybridized carbons (Fsp3) is 0.267. The SMILES string of the molecule is CCn1ccnc1C(N)c1oc2ccc(F)cc2c1C. The third-order valence-corrected chi connectivity index (χ3v) is 3.58. The van der Waals surface area contributed by atoms with E-state index >= 15 is 0 Å². The number of imidazole rings is 1. The van der Waals surface area contributed by atoms with Crippen LogP contribution in [0.1, 0.15) is 30.1 Å². The van der Waals surface area contributed by atoms with Crippen molar-refractivity contribution in [2.24, 2.45) is 5.73 Å². The average Bonchev–Trinajstić information content (AvgIpc) is 3.03. The molecule has 2 heterocycles. The molecule has 2 N–H and O–H groups in total. The molecule has 0 radical (unpaired) electrons. The van der Waals surface area contributed by atoms with E-state index in [9.17, 15) is 4.39 Å². The zero-order valence-electron chi connectivity index (χ0n) is 11.4. The number of hydrogen-bond donors (Lipinski definition) is 1. The number of furan rings is 1. The van der Waals surface area contributed by atoms with Gasteiger partial charge in [-0.3, -0.25) is 0 Å². The zero-order chi connectivity index (χ0) is 14.3. The third-order valence-electron chi connectivity index (χ3n) is 3.58. The first-order chi connectivity index (χ1) is 9.61. The van der Waals surface area contributed by atoms with Crippen molar-refractivity contribution in [3.8, 4) is 0 Å². The summed E-state index contributed by atoms with van der Waals surface area (Å²) in [4.78, 5) is 4.30. The zero-order valence-corrected chi connectivity index (χ0v) is 11.4. The van der Waals surface area contributed by atoms with E-state index in [1.807, 2.05) is 24.6 Å². The number of aryl methyl sites for hydroxylation is 2. The molecule has 0 bridgehead atoms. The number of fused-ring (bicyclic) bond motifs is 1. The first kappa shape index (κ1) is 12.9. The minimum Gasteiger partial charge on any atom is -0.459 e. The summed E-state index contributed by atoms with van der Waals surface area (Å²) in [7, 11) is 0. The molecule has 0 aliphatic heterocycles. The molecular weight excluding hydrogens is 257 g/mol. The van der Waals surface area contributed by atoms with E-state index < -0.39 is 6.04 Å². The fourth-order valence-electron chi connectivity index (χ4n) is 2.49. The van der Waals surface area contributed by atoms with Crippen LogP contribution in [0.4, 0.5) is 4.39 Å². The maximum absolute atomic E-state index is 13.3. The topological polar surface area (TPSA) is 57.0 Å². The second-order valence-electron chi connectivity index (χ2n) is 4.78. The molecule has 20 heavy (non-hydrogen) atoms. The Balaban J connectivity index is 2.12. The standard InChI is InChI=1S/C15H16FN3O/c1-3-19-7-6-18-15(19)13(17)14-9(2)11-8-10(16)4-5-12(11)20-14/h4-8,13H,3,17H2,1-2H3. The number of aromatic nitrogens is 2. The predicted molar refractivity (Wildman–Crippen MR) is 74.8 cm³/mol. The van der Waals surface area contributed by atoms with Crippen LogP contribution in [0.25, 0.3) is 11.0 Å². The molecule has 1 aromatic carbocycles. The first-order valence-corrected chi connectivity index (χ1v) is 6.57. The van der Waals surface area contributed by atoms with E-state index in [0.717, 1.165) is 23.3 Å². The lowest BCUT2D eigenvalue weighted by molar-refractivity contribution is 0.500. The highest BCUT2D eigenvalue weighted by molar-refractivity contribution is 5.82. The van der Waals surface area contributed by atoms with Crippen molar-refractivity contribution in [1.29, 1.82) is 0 Å². The molecule has 4 nitrogen and oxygen atoms in total. The van der Waals surface area contributed by atoms with Crippen LogP contribution in [-0.4, -0.2) is 9.55 Å². The van der Waals surface area contributed by atoms with Crippen LogP contribution in [-0.2, 0) is 6.54 Å². The minimum atomic E-state index is -0.458. The lowest BCUT2D eigenvalue weighted by Gasteiger charge is -2.11. The molecule has 104 valence electrons. The summed E-state index contributed by atoms with van der Waals surface area (Å²) >= 11 is 0. The van der Waals surface area contributed by atoms with Crippen molar-refractivity contribution in [3.05, 3.63) is 53.6 Å². The second kappa shape index (κ2) is 4.76. The Labute approximate surface area is 116 Å². The van der Waals surface area contributed by atoms with E-state index in [2.05, 4.69) is 4.98 Å². The third kappa shape index (κ3) is 1.91. The van der Waals surface area contributed by atoms with Gasteiger partial charge in [-0.15, -0.1) is 0 Å². The van der Waals surface area contributed by atoms with Crippen molar-refractivity contribution in [2.75, 3.05) is 0 Å². The number of hydrogen-bond acceptors (Lipinski definition) is 3. The van der Waals surface area contributed by atoms with Gasteiger partial charge in [-0.05, 0) is 32.0 Å². The van der Waals surface area contributed by atoms with Crippen molar-refractivity contribution in [3.63, 3.8) is 0 Å². The van der Waals surface area contributed by atoms with E-state index in [0.29, 0.717) is 11.3 Å². The van der Waals surface area contributed by atoms with Crippen LogP contribution >= 0.6 is 0 Å². The summed E-state index contributed by atoms with van der Waals surface area (Å²) < 4.78 is 21.1. The lowest BCUT2D eigenvalue weighted by Crippen LogP contribution is -2.17. The molecule has 5 heteroatoms. The summed E-state index contributed by atoms with van der Waals surface area (Å²) in [6, 6.07) is 4.02. The number of rotatable bonds is 3. The normalized spacial score (nSPS) is 13.0. The lowest BCUT2D eigenvalue weighted by atomic mass is 10.1. The van der Waals surface area contributed by atoms with Crippen LogP contribution in [0.2, 0.25) is 0 Å². The summed E-state index contributed by atoms with van der Waals surface area (Å²) in [6.45, 7) is 4.70. The molecule has 3 aromatic rings. The van der Waals surface area contributed by atoms with Gasteiger partial charge in [0.15, 0.2) is 0 Å². The Morgan fingerprint density at radius 2 is 2.25 bits per heavy atom. The summed E-state index contributed by atoms with van der Waals surface area (Å²) in [5, 5.41) is 0.755.